The van der Waals surface area contributed by atoms with E-state index in [1.807, 2.05) is 24.3 Å². The summed E-state index contributed by atoms with van der Waals surface area (Å²) >= 11 is 3.12. The number of phenols is 1. The number of aromatic nitrogens is 1. The van der Waals surface area contributed by atoms with E-state index in [0.29, 0.717) is 0 Å². The molecule has 0 aliphatic rings. The number of esters is 1. The molecule has 0 bridgehead atoms. The Bertz CT molecular complexity index is 1000. The molecule has 2 aromatic carbocycles. The summed E-state index contributed by atoms with van der Waals surface area (Å²) in [5.41, 5.74) is 7.61. The number of alkyl halides is 1. The number of para-hydroxylation sites is 1. The molecule has 0 aliphatic carbocycles. The van der Waals surface area contributed by atoms with Gasteiger partial charge in [0.2, 0.25) is 0 Å². The van der Waals surface area contributed by atoms with E-state index in [4.69, 9.17) is 10.5 Å². The van der Waals surface area contributed by atoms with Crippen LogP contribution in [0, 0.1) is 10.1 Å². The van der Waals surface area contributed by atoms with E-state index in [9.17, 15) is 20.0 Å². The van der Waals surface area contributed by atoms with Crippen molar-refractivity contribution in [2.24, 2.45) is 5.73 Å². The third-order valence-corrected chi connectivity index (χ3v) is 4.78. The van der Waals surface area contributed by atoms with Crippen molar-refractivity contribution < 1.29 is 19.6 Å². The van der Waals surface area contributed by atoms with Crippen LogP contribution in [0.1, 0.15) is 16.1 Å². The standard InChI is InChI=1S/C18H16BrN3O5/c19-17(13-8-11(22(25)26)5-6-16(13)23)27-18(24)14(20)7-10-9-21-15-4-2-1-3-12(10)15/h1-6,8-9,14,17,21,23H,7,20H2/t14-,17?/m0/s1. The summed E-state index contributed by atoms with van der Waals surface area (Å²) in [6.07, 6.45) is 2.04. The minimum atomic E-state index is -1.07. The number of aromatic hydroxyl groups is 1. The maximum absolute atomic E-state index is 12.3. The SMILES string of the molecule is N[C@@H](Cc1c[nH]c2ccccc12)C(=O)OC(Br)c1cc([N+](=O)[O-])ccc1O. The number of fused-ring (bicyclic) bond motifs is 1. The van der Waals surface area contributed by atoms with E-state index in [-0.39, 0.29) is 23.4 Å². The van der Waals surface area contributed by atoms with Crippen molar-refractivity contribution in [2.75, 3.05) is 0 Å². The van der Waals surface area contributed by atoms with Gasteiger partial charge in [-0.2, -0.15) is 0 Å². The molecular formula is C18H16BrN3O5. The number of hydrogen-bond donors (Lipinski definition) is 3. The van der Waals surface area contributed by atoms with Crippen molar-refractivity contribution in [1.82, 2.24) is 4.98 Å². The van der Waals surface area contributed by atoms with Crippen LogP contribution in [0.25, 0.3) is 10.9 Å². The summed E-state index contributed by atoms with van der Waals surface area (Å²) in [5, 5.41) is 20.7. The summed E-state index contributed by atoms with van der Waals surface area (Å²) in [4.78, 5) is 25.7. The Labute approximate surface area is 162 Å². The molecule has 3 aromatic rings. The largest absolute Gasteiger partial charge is 0.507 e. The number of nitrogens with one attached hydrogen (secondary N) is 1. The second-order valence-electron chi connectivity index (χ2n) is 5.92. The average molecular weight is 434 g/mol. The zero-order valence-corrected chi connectivity index (χ0v) is 15.5. The molecule has 3 rings (SSSR count). The molecular weight excluding hydrogens is 418 g/mol. The highest BCUT2D eigenvalue weighted by atomic mass is 79.9. The molecule has 4 N–H and O–H groups in total. The minimum Gasteiger partial charge on any atom is -0.507 e. The van der Waals surface area contributed by atoms with Crippen LogP contribution in [0.2, 0.25) is 0 Å². The van der Waals surface area contributed by atoms with Crippen molar-refractivity contribution >= 4 is 38.5 Å². The number of aromatic amines is 1. The molecule has 2 atom stereocenters. The van der Waals surface area contributed by atoms with Crippen LogP contribution in [0.5, 0.6) is 5.75 Å². The molecule has 0 spiro atoms. The smallest absolute Gasteiger partial charge is 0.324 e. The number of nitrogens with two attached hydrogens (primary N) is 1. The molecule has 140 valence electrons. The summed E-state index contributed by atoms with van der Waals surface area (Å²) in [5.74, 6) is -0.937. The van der Waals surface area contributed by atoms with Gasteiger partial charge in [0.15, 0.2) is 5.01 Å². The summed E-state index contributed by atoms with van der Waals surface area (Å²) < 4.78 is 5.23. The highest BCUT2D eigenvalue weighted by Gasteiger charge is 2.24. The fourth-order valence-electron chi connectivity index (χ4n) is 2.71. The molecule has 1 aromatic heterocycles. The summed E-state index contributed by atoms with van der Waals surface area (Å²) in [6, 6.07) is 10.2. The number of non-ortho nitro benzene ring substituents is 1. The van der Waals surface area contributed by atoms with Gasteiger partial charge in [-0.05, 0) is 33.6 Å². The van der Waals surface area contributed by atoms with E-state index in [1.165, 1.54) is 6.07 Å². The third kappa shape index (κ3) is 4.09. The van der Waals surface area contributed by atoms with E-state index in [1.54, 1.807) is 6.20 Å². The predicted molar refractivity (Wildman–Crippen MR) is 102 cm³/mol. The molecule has 1 unspecified atom stereocenters. The Hall–Kier alpha value is -2.91. The number of H-pyrrole nitrogens is 1. The van der Waals surface area contributed by atoms with Gasteiger partial charge in [0.1, 0.15) is 11.8 Å². The molecule has 27 heavy (non-hydrogen) atoms. The zero-order chi connectivity index (χ0) is 19.6. The second-order valence-corrected chi connectivity index (χ2v) is 6.75. The van der Waals surface area contributed by atoms with Gasteiger partial charge < -0.3 is 20.6 Å². The lowest BCUT2D eigenvalue weighted by atomic mass is 10.1. The topological polar surface area (TPSA) is 131 Å². The number of nitrogens with zero attached hydrogens (tertiary/aromatic N) is 1. The number of carbonyl (C=O) groups excluding carboxylic acids is 1. The van der Waals surface area contributed by atoms with Crippen LogP contribution in [0.4, 0.5) is 5.69 Å². The number of carbonyl (C=O) groups is 1. The Morgan fingerprint density at radius 1 is 1.33 bits per heavy atom. The number of phenolic OH excluding ortho intramolecular Hbond substituents is 1. The van der Waals surface area contributed by atoms with E-state index in [2.05, 4.69) is 20.9 Å². The maximum atomic E-state index is 12.3. The van der Waals surface area contributed by atoms with Crippen molar-refractivity contribution in [3.63, 3.8) is 0 Å². The fourth-order valence-corrected chi connectivity index (χ4v) is 3.26. The summed E-state index contributed by atoms with van der Waals surface area (Å²) in [7, 11) is 0. The van der Waals surface area contributed by atoms with Gasteiger partial charge in [-0.25, -0.2) is 0 Å². The molecule has 1 heterocycles. The van der Waals surface area contributed by atoms with Gasteiger partial charge >= 0.3 is 5.97 Å². The van der Waals surface area contributed by atoms with Crippen LogP contribution < -0.4 is 5.73 Å². The van der Waals surface area contributed by atoms with E-state index in [0.717, 1.165) is 28.6 Å². The van der Waals surface area contributed by atoms with Gasteiger partial charge in [0.05, 0.1) is 10.5 Å². The van der Waals surface area contributed by atoms with Crippen LogP contribution in [0.15, 0.2) is 48.7 Å². The van der Waals surface area contributed by atoms with Crippen LogP contribution in [-0.2, 0) is 16.0 Å². The molecule has 0 saturated heterocycles. The molecule has 0 aliphatic heterocycles. The first-order valence-electron chi connectivity index (χ1n) is 7.99. The monoisotopic (exact) mass is 433 g/mol. The number of halogens is 1. The van der Waals surface area contributed by atoms with Crippen molar-refractivity contribution in [3.8, 4) is 5.75 Å². The minimum absolute atomic E-state index is 0.0665. The van der Waals surface area contributed by atoms with Gasteiger partial charge in [-0.3, -0.25) is 14.9 Å². The number of ether oxygens (including phenoxy) is 1. The molecule has 8 nitrogen and oxygen atoms in total. The van der Waals surface area contributed by atoms with Crippen LogP contribution in [0.3, 0.4) is 0 Å². The maximum Gasteiger partial charge on any atom is 0.324 e. The van der Waals surface area contributed by atoms with Gasteiger partial charge in [-0.15, -0.1) is 0 Å². The second kappa shape index (κ2) is 7.77. The fraction of sp³-hybridized carbons (Fsp3) is 0.167. The molecule has 0 saturated carbocycles. The van der Waals surface area contributed by atoms with Crippen molar-refractivity contribution in [2.45, 2.75) is 17.5 Å². The van der Waals surface area contributed by atoms with Crippen LogP contribution in [-0.4, -0.2) is 27.0 Å². The van der Waals surface area contributed by atoms with E-state index >= 15 is 0 Å². The Morgan fingerprint density at radius 2 is 2.07 bits per heavy atom. The number of benzene rings is 2. The Balaban J connectivity index is 1.71. The van der Waals surface area contributed by atoms with E-state index < -0.39 is 21.9 Å². The van der Waals surface area contributed by atoms with Gasteiger partial charge in [-0.1, -0.05) is 18.2 Å². The first kappa shape index (κ1) is 18.9. The number of nitro benzene ring substituents is 1. The van der Waals surface area contributed by atoms with Crippen molar-refractivity contribution in [3.05, 3.63) is 69.9 Å². The van der Waals surface area contributed by atoms with Crippen molar-refractivity contribution in [1.29, 1.82) is 0 Å². The lowest BCUT2D eigenvalue weighted by Gasteiger charge is -2.16. The Morgan fingerprint density at radius 3 is 2.81 bits per heavy atom. The lowest BCUT2D eigenvalue weighted by molar-refractivity contribution is -0.385. The number of hydrogen-bond acceptors (Lipinski definition) is 6. The summed E-state index contributed by atoms with van der Waals surface area (Å²) in [6.45, 7) is 0. The third-order valence-electron chi connectivity index (χ3n) is 4.10. The Kier molecular flexibility index (Phi) is 5.43. The molecule has 0 amide bonds. The first-order chi connectivity index (χ1) is 12.9. The lowest BCUT2D eigenvalue weighted by Crippen LogP contribution is -2.34. The molecule has 9 heteroatoms. The zero-order valence-electron chi connectivity index (χ0n) is 14.0. The van der Waals surface area contributed by atoms with Gasteiger partial charge in [0.25, 0.3) is 5.69 Å². The first-order valence-corrected chi connectivity index (χ1v) is 8.91. The molecule has 0 fully saturated rings. The van der Waals surface area contributed by atoms with Gasteiger partial charge in [0, 0.05) is 35.7 Å². The highest BCUT2D eigenvalue weighted by molar-refractivity contribution is 9.09. The molecule has 0 radical (unpaired) electrons. The number of rotatable bonds is 6. The number of nitro groups is 1. The highest BCUT2D eigenvalue weighted by Crippen LogP contribution is 2.34. The predicted octanol–water partition coefficient (Wildman–Crippen LogP) is 3.29. The normalized spacial score (nSPS) is 13.3. The van der Waals surface area contributed by atoms with Crippen LogP contribution >= 0.6 is 15.9 Å². The quantitative estimate of drug-likeness (QED) is 0.236. The average Bonchev–Trinajstić information content (AvgIpc) is 3.04.